The van der Waals surface area contributed by atoms with Gasteiger partial charge in [0, 0.05) is 6.42 Å². The Labute approximate surface area is 123 Å². The van der Waals surface area contributed by atoms with Crippen molar-refractivity contribution >= 4 is 5.97 Å². The van der Waals surface area contributed by atoms with E-state index in [2.05, 4.69) is 10.2 Å². The molecule has 1 unspecified atom stereocenters. The summed E-state index contributed by atoms with van der Waals surface area (Å²) < 4.78 is 5.06. The molecule has 0 aliphatic carbocycles. The second kappa shape index (κ2) is 9.71. The number of likely N-dealkylation sites (N-methyl/N-ethyl adjacent to an activating group) is 1. The van der Waals surface area contributed by atoms with E-state index in [1.165, 1.54) is 0 Å². The van der Waals surface area contributed by atoms with Crippen LogP contribution in [-0.4, -0.2) is 37.4 Å². The van der Waals surface area contributed by atoms with E-state index in [9.17, 15) is 14.9 Å². The van der Waals surface area contributed by atoms with Crippen molar-refractivity contribution in [3.8, 4) is 0 Å². The van der Waals surface area contributed by atoms with Gasteiger partial charge >= 0.3 is 5.97 Å². The topological polar surface area (TPSA) is 90.7 Å². The average Bonchev–Trinajstić information content (AvgIpc) is 2.48. The highest BCUT2D eigenvalue weighted by molar-refractivity contribution is 5.75. The Morgan fingerprint density at radius 1 is 1.33 bits per heavy atom. The molecule has 0 fully saturated rings. The predicted octanol–water partition coefficient (Wildman–Crippen LogP) is 1.35. The van der Waals surface area contributed by atoms with Crippen LogP contribution in [0.5, 0.6) is 0 Å². The maximum absolute atomic E-state index is 11.8. The minimum Gasteiger partial charge on any atom is -0.464 e. The summed E-state index contributed by atoms with van der Waals surface area (Å²) in [4.78, 5) is 25.9. The Morgan fingerprint density at radius 2 is 2.05 bits per heavy atom. The van der Waals surface area contributed by atoms with Gasteiger partial charge in [0.25, 0.3) is 5.09 Å². The SMILES string of the molecule is CNC(CCc1ccccc1)C(=O)OCCCO[N+](=O)[O-]. The van der Waals surface area contributed by atoms with Crippen LogP contribution in [0, 0.1) is 10.1 Å². The van der Waals surface area contributed by atoms with Crippen LogP contribution in [0.15, 0.2) is 30.3 Å². The zero-order valence-electron chi connectivity index (χ0n) is 12.0. The molecule has 0 spiro atoms. The number of rotatable bonds is 10. The molecule has 0 aromatic heterocycles. The number of ether oxygens (including phenoxy) is 1. The van der Waals surface area contributed by atoms with E-state index in [0.717, 1.165) is 12.0 Å². The number of benzene rings is 1. The minimum absolute atomic E-state index is 0.0749. The number of nitrogens with zero attached hydrogens (tertiary/aromatic N) is 1. The standard InChI is InChI=1S/C14H20N2O5/c1-15-13(9-8-12-6-3-2-4-7-12)14(17)20-10-5-11-21-16(18)19/h2-4,6-7,13,15H,5,8-11H2,1H3. The fourth-order valence-corrected chi connectivity index (χ4v) is 1.81. The molecule has 0 heterocycles. The van der Waals surface area contributed by atoms with E-state index < -0.39 is 5.09 Å². The first kappa shape index (κ1) is 16.9. The molecule has 116 valence electrons. The second-order valence-electron chi connectivity index (χ2n) is 4.44. The number of hydrogen-bond acceptors (Lipinski definition) is 6. The molecule has 0 radical (unpaired) electrons. The summed E-state index contributed by atoms with van der Waals surface area (Å²) in [6, 6.07) is 9.48. The normalized spacial score (nSPS) is 11.7. The molecule has 1 N–H and O–H groups in total. The second-order valence-corrected chi connectivity index (χ2v) is 4.44. The lowest BCUT2D eigenvalue weighted by molar-refractivity contribution is -0.757. The van der Waals surface area contributed by atoms with Gasteiger partial charge in [0.2, 0.25) is 0 Å². The Hall–Kier alpha value is -2.15. The smallest absolute Gasteiger partial charge is 0.323 e. The van der Waals surface area contributed by atoms with Gasteiger partial charge in [-0.2, -0.15) is 0 Å². The van der Waals surface area contributed by atoms with Crippen LogP contribution in [0.2, 0.25) is 0 Å². The van der Waals surface area contributed by atoms with Crippen LogP contribution in [-0.2, 0) is 20.8 Å². The van der Waals surface area contributed by atoms with Crippen LogP contribution >= 0.6 is 0 Å². The van der Waals surface area contributed by atoms with Crippen molar-refractivity contribution in [1.82, 2.24) is 5.32 Å². The first-order valence-corrected chi connectivity index (χ1v) is 6.78. The van der Waals surface area contributed by atoms with Crippen LogP contribution in [0.1, 0.15) is 18.4 Å². The third-order valence-electron chi connectivity index (χ3n) is 2.93. The number of esters is 1. The molecule has 0 aliphatic heterocycles. The summed E-state index contributed by atoms with van der Waals surface area (Å²) in [7, 11) is 1.70. The molecular formula is C14H20N2O5. The van der Waals surface area contributed by atoms with Crippen LogP contribution in [0.25, 0.3) is 0 Å². The van der Waals surface area contributed by atoms with Gasteiger partial charge in [-0.05, 0) is 25.5 Å². The third-order valence-corrected chi connectivity index (χ3v) is 2.93. The molecule has 7 nitrogen and oxygen atoms in total. The lowest BCUT2D eigenvalue weighted by Crippen LogP contribution is -2.36. The van der Waals surface area contributed by atoms with E-state index >= 15 is 0 Å². The molecule has 21 heavy (non-hydrogen) atoms. The Balaban J connectivity index is 2.24. The van der Waals surface area contributed by atoms with Crippen molar-refractivity contribution in [3.63, 3.8) is 0 Å². The van der Waals surface area contributed by atoms with Gasteiger partial charge in [-0.15, -0.1) is 10.1 Å². The maximum atomic E-state index is 11.8. The van der Waals surface area contributed by atoms with Gasteiger partial charge in [0.1, 0.15) is 6.04 Å². The summed E-state index contributed by atoms with van der Waals surface area (Å²) in [5.41, 5.74) is 1.16. The van der Waals surface area contributed by atoms with Gasteiger partial charge in [0.15, 0.2) is 0 Å². The minimum atomic E-state index is -0.863. The molecule has 0 amide bonds. The van der Waals surface area contributed by atoms with Crippen molar-refractivity contribution in [2.24, 2.45) is 0 Å². The molecule has 1 aromatic rings. The van der Waals surface area contributed by atoms with Gasteiger partial charge in [-0.1, -0.05) is 30.3 Å². The van der Waals surface area contributed by atoms with Crippen molar-refractivity contribution in [2.45, 2.75) is 25.3 Å². The van der Waals surface area contributed by atoms with Crippen molar-refractivity contribution in [3.05, 3.63) is 46.0 Å². The molecule has 0 aliphatic rings. The van der Waals surface area contributed by atoms with Gasteiger partial charge < -0.3 is 14.9 Å². The number of carbonyl (C=O) groups is 1. The lowest BCUT2D eigenvalue weighted by atomic mass is 10.1. The lowest BCUT2D eigenvalue weighted by Gasteiger charge is -2.15. The third kappa shape index (κ3) is 7.26. The summed E-state index contributed by atoms with van der Waals surface area (Å²) in [5, 5.41) is 12.0. The Bertz CT molecular complexity index is 438. The Morgan fingerprint density at radius 3 is 2.67 bits per heavy atom. The van der Waals surface area contributed by atoms with Gasteiger partial charge in [-0.25, -0.2) is 0 Å². The molecule has 7 heteroatoms. The zero-order valence-corrected chi connectivity index (χ0v) is 12.0. The molecule has 0 saturated carbocycles. The van der Waals surface area contributed by atoms with E-state index in [1.807, 2.05) is 30.3 Å². The maximum Gasteiger partial charge on any atom is 0.323 e. The largest absolute Gasteiger partial charge is 0.464 e. The molecule has 1 rings (SSSR count). The number of carbonyl (C=O) groups excluding carboxylic acids is 1. The molecule has 0 saturated heterocycles. The predicted molar refractivity (Wildman–Crippen MR) is 76.1 cm³/mol. The summed E-state index contributed by atoms with van der Waals surface area (Å²) in [6.45, 7) is 0.0324. The van der Waals surface area contributed by atoms with Crippen molar-refractivity contribution in [1.29, 1.82) is 0 Å². The highest BCUT2D eigenvalue weighted by atomic mass is 16.9. The monoisotopic (exact) mass is 296 g/mol. The average molecular weight is 296 g/mol. The quantitative estimate of drug-likeness (QED) is 0.303. The molecule has 0 bridgehead atoms. The first-order chi connectivity index (χ1) is 10.1. The number of nitrogens with one attached hydrogen (secondary N) is 1. The van der Waals surface area contributed by atoms with E-state index in [1.54, 1.807) is 7.05 Å². The van der Waals surface area contributed by atoms with Gasteiger partial charge in [0.05, 0.1) is 13.2 Å². The summed E-state index contributed by atoms with van der Waals surface area (Å²) in [5.74, 6) is -0.352. The van der Waals surface area contributed by atoms with E-state index in [4.69, 9.17) is 4.74 Å². The number of aryl methyl sites for hydroxylation is 1. The van der Waals surface area contributed by atoms with E-state index in [0.29, 0.717) is 12.8 Å². The zero-order chi connectivity index (χ0) is 15.5. The summed E-state index contributed by atoms with van der Waals surface area (Å²) in [6.07, 6.45) is 1.69. The van der Waals surface area contributed by atoms with E-state index in [-0.39, 0.29) is 25.2 Å². The summed E-state index contributed by atoms with van der Waals surface area (Å²) >= 11 is 0. The first-order valence-electron chi connectivity index (χ1n) is 6.78. The fourth-order valence-electron chi connectivity index (χ4n) is 1.81. The van der Waals surface area contributed by atoms with Crippen LogP contribution < -0.4 is 5.32 Å². The van der Waals surface area contributed by atoms with Crippen molar-refractivity contribution < 1.29 is 19.5 Å². The molecule has 1 aromatic carbocycles. The van der Waals surface area contributed by atoms with Crippen molar-refractivity contribution in [2.75, 3.05) is 20.3 Å². The van der Waals surface area contributed by atoms with Crippen LogP contribution in [0.3, 0.4) is 0 Å². The Kier molecular flexibility index (Phi) is 7.81. The molecule has 1 atom stereocenters. The fraction of sp³-hybridized carbons (Fsp3) is 0.500. The number of hydrogen-bond donors (Lipinski definition) is 1. The van der Waals surface area contributed by atoms with Gasteiger partial charge in [-0.3, -0.25) is 4.79 Å². The van der Waals surface area contributed by atoms with Crippen LogP contribution in [0.4, 0.5) is 0 Å². The highest BCUT2D eigenvalue weighted by Gasteiger charge is 2.17. The molecular weight excluding hydrogens is 276 g/mol. The highest BCUT2D eigenvalue weighted by Crippen LogP contribution is 2.06.